The number of hydrogen-bond donors (Lipinski definition) is 1. The Hall–Kier alpha value is -0.860. The number of rotatable bonds is 5. The van der Waals surface area contributed by atoms with Crippen LogP contribution in [0.4, 0.5) is 0 Å². The fourth-order valence-electron chi connectivity index (χ4n) is 2.65. The number of piperidine rings is 1. The summed E-state index contributed by atoms with van der Waals surface area (Å²) >= 11 is 0. The minimum atomic E-state index is 0.709. The van der Waals surface area contributed by atoms with Gasteiger partial charge >= 0.3 is 0 Å². The minimum absolute atomic E-state index is 0.709. The lowest BCUT2D eigenvalue weighted by Crippen LogP contribution is -2.44. The van der Waals surface area contributed by atoms with Crippen molar-refractivity contribution in [2.45, 2.75) is 31.7 Å². The Morgan fingerprint density at radius 3 is 2.88 bits per heavy atom. The number of aryl methyl sites for hydroxylation is 1. The van der Waals surface area contributed by atoms with E-state index in [-0.39, 0.29) is 0 Å². The standard InChI is InChI=1S/C15H24N2/c1-16-15-10-6-12-17(13-15)11-5-9-14-7-3-2-4-8-14/h2-4,7-8,15-16H,5-6,9-13H2,1H3/t15-/m1/s1. The molecule has 0 bridgehead atoms. The Bertz CT molecular complexity index is 310. The summed E-state index contributed by atoms with van der Waals surface area (Å²) in [6.45, 7) is 3.76. The van der Waals surface area contributed by atoms with E-state index in [1.54, 1.807) is 0 Å². The fraction of sp³-hybridized carbons (Fsp3) is 0.600. The van der Waals surface area contributed by atoms with Crippen LogP contribution in [-0.4, -0.2) is 37.6 Å². The van der Waals surface area contributed by atoms with E-state index in [1.165, 1.54) is 50.9 Å². The van der Waals surface area contributed by atoms with Gasteiger partial charge in [0.2, 0.25) is 0 Å². The zero-order valence-corrected chi connectivity index (χ0v) is 10.9. The first-order valence-electron chi connectivity index (χ1n) is 6.82. The van der Waals surface area contributed by atoms with Crippen molar-refractivity contribution in [3.63, 3.8) is 0 Å². The molecule has 1 N–H and O–H groups in total. The Balaban J connectivity index is 1.68. The van der Waals surface area contributed by atoms with Crippen molar-refractivity contribution in [1.29, 1.82) is 0 Å². The lowest BCUT2D eigenvalue weighted by Gasteiger charge is -2.32. The van der Waals surface area contributed by atoms with Gasteiger partial charge in [-0.2, -0.15) is 0 Å². The normalized spacial score (nSPS) is 21.6. The minimum Gasteiger partial charge on any atom is -0.316 e. The van der Waals surface area contributed by atoms with Crippen LogP contribution in [0, 0.1) is 0 Å². The van der Waals surface area contributed by atoms with E-state index in [0.717, 1.165) is 0 Å². The lowest BCUT2D eigenvalue weighted by molar-refractivity contribution is 0.193. The van der Waals surface area contributed by atoms with Gasteiger partial charge in [0.15, 0.2) is 0 Å². The van der Waals surface area contributed by atoms with Gasteiger partial charge < -0.3 is 10.2 Å². The van der Waals surface area contributed by atoms with Gasteiger partial charge in [0, 0.05) is 12.6 Å². The van der Waals surface area contributed by atoms with Crippen LogP contribution in [0.1, 0.15) is 24.8 Å². The van der Waals surface area contributed by atoms with Gasteiger partial charge in [0.25, 0.3) is 0 Å². The number of nitrogens with one attached hydrogen (secondary N) is 1. The second-order valence-corrected chi connectivity index (χ2v) is 5.02. The highest BCUT2D eigenvalue weighted by Crippen LogP contribution is 2.11. The largest absolute Gasteiger partial charge is 0.316 e. The molecule has 0 aromatic heterocycles. The molecule has 1 heterocycles. The Morgan fingerprint density at radius 1 is 1.29 bits per heavy atom. The number of benzene rings is 1. The Morgan fingerprint density at radius 2 is 2.12 bits per heavy atom. The quantitative estimate of drug-likeness (QED) is 0.838. The van der Waals surface area contributed by atoms with Crippen LogP contribution < -0.4 is 5.32 Å². The number of nitrogens with zero attached hydrogens (tertiary/aromatic N) is 1. The number of likely N-dealkylation sites (tertiary alicyclic amines) is 1. The molecule has 0 unspecified atom stereocenters. The van der Waals surface area contributed by atoms with E-state index in [9.17, 15) is 0 Å². The van der Waals surface area contributed by atoms with Crippen molar-refractivity contribution in [2.75, 3.05) is 26.7 Å². The molecule has 94 valence electrons. The van der Waals surface area contributed by atoms with Gasteiger partial charge in [0.1, 0.15) is 0 Å². The molecule has 1 aliphatic rings. The fourth-order valence-corrected chi connectivity index (χ4v) is 2.65. The summed E-state index contributed by atoms with van der Waals surface area (Å²) in [6, 6.07) is 11.5. The number of likely N-dealkylation sites (N-methyl/N-ethyl adjacent to an activating group) is 1. The molecule has 2 nitrogen and oxygen atoms in total. The first kappa shape index (κ1) is 12.6. The van der Waals surface area contributed by atoms with Crippen molar-refractivity contribution < 1.29 is 0 Å². The lowest BCUT2D eigenvalue weighted by atomic mass is 10.0. The van der Waals surface area contributed by atoms with Crippen LogP contribution in [0.5, 0.6) is 0 Å². The maximum atomic E-state index is 3.40. The summed E-state index contributed by atoms with van der Waals surface area (Å²) in [5, 5.41) is 3.40. The predicted octanol–water partition coefficient (Wildman–Crippen LogP) is 2.30. The maximum absolute atomic E-state index is 3.40. The van der Waals surface area contributed by atoms with Crippen LogP contribution in [0.3, 0.4) is 0 Å². The molecule has 0 amide bonds. The second kappa shape index (κ2) is 6.77. The van der Waals surface area contributed by atoms with Gasteiger partial charge in [-0.1, -0.05) is 30.3 Å². The molecule has 2 heteroatoms. The third kappa shape index (κ3) is 4.14. The van der Waals surface area contributed by atoms with Crippen molar-refractivity contribution in [2.24, 2.45) is 0 Å². The molecule has 0 saturated carbocycles. The summed E-state index contributed by atoms with van der Waals surface area (Å²) in [5.41, 5.74) is 1.47. The Kier molecular flexibility index (Phi) is 5.02. The monoisotopic (exact) mass is 232 g/mol. The van der Waals surface area contributed by atoms with Crippen molar-refractivity contribution >= 4 is 0 Å². The molecule has 1 aliphatic heterocycles. The molecule has 1 atom stereocenters. The molecule has 0 radical (unpaired) electrons. The third-order valence-electron chi connectivity index (χ3n) is 3.70. The molecule has 1 aromatic rings. The molecule has 1 aromatic carbocycles. The van der Waals surface area contributed by atoms with Crippen molar-refractivity contribution in [1.82, 2.24) is 10.2 Å². The summed E-state index contributed by atoms with van der Waals surface area (Å²) in [5.74, 6) is 0. The SMILES string of the molecule is CN[C@@H]1CCCN(CCCc2ccccc2)C1. The molecule has 1 saturated heterocycles. The maximum Gasteiger partial charge on any atom is 0.0192 e. The van der Waals surface area contributed by atoms with E-state index >= 15 is 0 Å². The van der Waals surface area contributed by atoms with Crippen LogP contribution in [0.15, 0.2) is 30.3 Å². The van der Waals surface area contributed by atoms with Crippen LogP contribution in [0.25, 0.3) is 0 Å². The third-order valence-corrected chi connectivity index (χ3v) is 3.70. The van der Waals surface area contributed by atoms with Gasteiger partial charge in [-0.05, 0) is 51.4 Å². The predicted molar refractivity (Wildman–Crippen MR) is 73.3 cm³/mol. The molecule has 1 fully saturated rings. The summed E-state index contributed by atoms with van der Waals surface area (Å²) in [4.78, 5) is 2.60. The molecule has 17 heavy (non-hydrogen) atoms. The van der Waals surface area contributed by atoms with E-state index in [2.05, 4.69) is 47.6 Å². The van der Waals surface area contributed by atoms with Gasteiger partial charge in [0.05, 0.1) is 0 Å². The molecule has 0 spiro atoms. The van der Waals surface area contributed by atoms with Crippen LogP contribution in [-0.2, 0) is 6.42 Å². The van der Waals surface area contributed by atoms with Crippen molar-refractivity contribution in [3.8, 4) is 0 Å². The topological polar surface area (TPSA) is 15.3 Å². The highest BCUT2D eigenvalue weighted by molar-refractivity contribution is 5.14. The number of hydrogen-bond acceptors (Lipinski definition) is 2. The smallest absolute Gasteiger partial charge is 0.0192 e. The molecule has 0 aliphatic carbocycles. The summed E-state index contributed by atoms with van der Waals surface area (Å²) in [7, 11) is 2.08. The zero-order chi connectivity index (χ0) is 11.9. The highest BCUT2D eigenvalue weighted by Gasteiger charge is 2.17. The molecular weight excluding hydrogens is 208 g/mol. The van der Waals surface area contributed by atoms with Crippen molar-refractivity contribution in [3.05, 3.63) is 35.9 Å². The van der Waals surface area contributed by atoms with Crippen LogP contribution in [0.2, 0.25) is 0 Å². The average molecular weight is 232 g/mol. The van der Waals surface area contributed by atoms with E-state index in [4.69, 9.17) is 0 Å². The average Bonchev–Trinajstić information content (AvgIpc) is 2.40. The Labute approximate surface area is 105 Å². The van der Waals surface area contributed by atoms with E-state index < -0.39 is 0 Å². The highest BCUT2D eigenvalue weighted by atomic mass is 15.2. The molecular formula is C15H24N2. The first-order valence-corrected chi connectivity index (χ1v) is 6.82. The van der Waals surface area contributed by atoms with E-state index in [1.807, 2.05) is 0 Å². The van der Waals surface area contributed by atoms with Gasteiger partial charge in [-0.3, -0.25) is 0 Å². The van der Waals surface area contributed by atoms with Crippen LogP contribution >= 0.6 is 0 Å². The summed E-state index contributed by atoms with van der Waals surface area (Å²) in [6.07, 6.45) is 5.17. The second-order valence-electron chi connectivity index (χ2n) is 5.02. The summed E-state index contributed by atoms with van der Waals surface area (Å²) < 4.78 is 0. The molecule has 2 rings (SSSR count). The van der Waals surface area contributed by atoms with E-state index in [0.29, 0.717) is 6.04 Å². The first-order chi connectivity index (χ1) is 8.38. The van der Waals surface area contributed by atoms with Gasteiger partial charge in [-0.25, -0.2) is 0 Å². The van der Waals surface area contributed by atoms with Gasteiger partial charge in [-0.15, -0.1) is 0 Å². The zero-order valence-electron chi connectivity index (χ0n) is 10.9.